The summed E-state index contributed by atoms with van der Waals surface area (Å²) in [7, 11) is -1.91. The molecule has 0 spiro atoms. The fraction of sp³-hybridized carbons (Fsp3) is 0.294. The molecule has 0 radical (unpaired) electrons. The van der Waals surface area contributed by atoms with E-state index in [4.69, 9.17) is 4.74 Å². The van der Waals surface area contributed by atoms with Crippen LogP contribution in [0, 0.1) is 0 Å². The van der Waals surface area contributed by atoms with Crippen molar-refractivity contribution in [3.8, 4) is 5.75 Å². The van der Waals surface area contributed by atoms with Crippen molar-refractivity contribution in [1.29, 1.82) is 0 Å². The summed E-state index contributed by atoms with van der Waals surface area (Å²) in [5.74, 6) is 0.828. The lowest BCUT2D eigenvalue weighted by molar-refractivity contribution is 0.408. The second kappa shape index (κ2) is 6.70. The molecule has 1 aliphatic carbocycles. The predicted molar refractivity (Wildman–Crippen MR) is 88.6 cm³/mol. The van der Waals surface area contributed by atoms with Crippen molar-refractivity contribution in [3.05, 3.63) is 59.7 Å². The van der Waals surface area contributed by atoms with Gasteiger partial charge in [-0.25, -0.2) is 13.8 Å². The first kappa shape index (κ1) is 16.0. The molecule has 122 valence electrons. The average Bonchev–Trinajstić information content (AvgIpc) is 2.60. The molecule has 0 saturated carbocycles. The molecule has 0 amide bonds. The van der Waals surface area contributed by atoms with Gasteiger partial charge in [-0.15, -0.1) is 4.83 Å². The molecule has 23 heavy (non-hydrogen) atoms. The molecule has 3 rings (SSSR count). The zero-order valence-electron chi connectivity index (χ0n) is 13.0. The second-order valence-electron chi connectivity index (χ2n) is 5.57. The molecule has 0 bridgehead atoms. The van der Waals surface area contributed by atoms with Gasteiger partial charge in [0, 0.05) is 6.04 Å². The number of hydrogen-bond acceptors (Lipinski definition) is 4. The van der Waals surface area contributed by atoms with Crippen molar-refractivity contribution >= 4 is 10.0 Å². The Morgan fingerprint density at radius 1 is 1.13 bits per heavy atom. The van der Waals surface area contributed by atoms with E-state index >= 15 is 0 Å². The van der Waals surface area contributed by atoms with Gasteiger partial charge >= 0.3 is 0 Å². The number of methoxy groups -OCH3 is 1. The van der Waals surface area contributed by atoms with Crippen LogP contribution >= 0.6 is 0 Å². The molecular formula is C17H20N2O3S. The number of hydrogen-bond donors (Lipinski definition) is 2. The molecule has 5 nitrogen and oxygen atoms in total. The van der Waals surface area contributed by atoms with E-state index in [0.29, 0.717) is 0 Å². The Labute approximate surface area is 136 Å². The third kappa shape index (κ3) is 3.55. The summed E-state index contributed by atoms with van der Waals surface area (Å²) >= 11 is 0. The molecule has 1 aliphatic rings. The Kier molecular flexibility index (Phi) is 4.66. The highest BCUT2D eigenvalue weighted by Crippen LogP contribution is 2.31. The van der Waals surface area contributed by atoms with Crippen LogP contribution in [0.1, 0.15) is 30.0 Å². The van der Waals surface area contributed by atoms with Gasteiger partial charge in [-0.1, -0.05) is 24.3 Å². The van der Waals surface area contributed by atoms with Crippen LogP contribution in [-0.4, -0.2) is 15.5 Å². The maximum absolute atomic E-state index is 12.3. The van der Waals surface area contributed by atoms with E-state index < -0.39 is 10.0 Å². The summed E-state index contributed by atoms with van der Waals surface area (Å²) in [5.41, 5.74) is 5.29. The monoisotopic (exact) mass is 332 g/mol. The van der Waals surface area contributed by atoms with E-state index in [0.717, 1.165) is 30.6 Å². The lowest BCUT2D eigenvalue weighted by atomic mass is 9.88. The first-order chi connectivity index (χ1) is 11.1. The van der Waals surface area contributed by atoms with Crippen LogP contribution in [0.25, 0.3) is 0 Å². The third-order valence-electron chi connectivity index (χ3n) is 4.09. The Balaban J connectivity index is 1.75. The van der Waals surface area contributed by atoms with E-state index in [-0.39, 0.29) is 10.9 Å². The Morgan fingerprint density at radius 2 is 1.91 bits per heavy atom. The topological polar surface area (TPSA) is 67.4 Å². The van der Waals surface area contributed by atoms with Gasteiger partial charge in [0.25, 0.3) is 10.0 Å². The minimum absolute atomic E-state index is 0.0388. The van der Waals surface area contributed by atoms with Crippen molar-refractivity contribution in [2.24, 2.45) is 0 Å². The highest BCUT2D eigenvalue weighted by molar-refractivity contribution is 7.89. The van der Waals surface area contributed by atoms with Crippen LogP contribution in [0.4, 0.5) is 0 Å². The zero-order valence-corrected chi connectivity index (χ0v) is 13.8. The number of benzene rings is 2. The van der Waals surface area contributed by atoms with Gasteiger partial charge in [0.15, 0.2) is 0 Å². The minimum Gasteiger partial charge on any atom is -0.497 e. The highest BCUT2D eigenvalue weighted by atomic mass is 32.2. The smallest absolute Gasteiger partial charge is 0.253 e. The molecule has 0 aliphatic heterocycles. The van der Waals surface area contributed by atoms with Gasteiger partial charge in [0.1, 0.15) is 5.75 Å². The molecule has 0 heterocycles. The van der Waals surface area contributed by atoms with E-state index in [1.165, 1.54) is 5.56 Å². The third-order valence-corrected chi connectivity index (χ3v) is 5.36. The van der Waals surface area contributed by atoms with Gasteiger partial charge in [-0.05, 0) is 54.7 Å². The molecule has 1 atom stereocenters. The van der Waals surface area contributed by atoms with Gasteiger partial charge in [0.05, 0.1) is 12.0 Å². The SMILES string of the molecule is COc1ccc2c(c1)CCC[C@@H]2NNS(=O)(=O)c1ccccc1. The highest BCUT2D eigenvalue weighted by Gasteiger charge is 2.22. The van der Waals surface area contributed by atoms with Gasteiger partial charge in [0.2, 0.25) is 0 Å². The Hall–Kier alpha value is -1.89. The Morgan fingerprint density at radius 3 is 2.65 bits per heavy atom. The van der Waals surface area contributed by atoms with Crippen molar-refractivity contribution < 1.29 is 13.2 Å². The van der Waals surface area contributed by atoms with E-state index in [2.05, 4.69) is 10.3 Å². The van der Waals surface area contributed by atoms with Gasteiger partial charge < -0.3 is 4.74 Å². The van der Waals surface area contributed by atoms with Gasteiger partial charge in [-0.3, -0.25) is 0 Å². The number of hydrazine groups is 1. The number of aryl methyl sites for hydroxylation is 1. The predicted octanol–water partition coefficient (Wildman–Crippen LogP) is 2.56. The van der Waals surface area contributed by atoms with Crippen LogP contribution < -0.4 is 15.0 Å². The van der Waals surface area contributed by atoms with E-state index in [9.17, 15) is 8.42 Å². The van der Waals surface area contributed by atoms with Crippen LogP contribution in [0.2, 0.25) is 0 Å². The maximum Gasteiger partial charge on any atom is 0.253 e. The minimum atomic E-state index is -3.56. The molecule has 2 aromatic carbocycles. The number of ether oxygens (including phenoxy) is 1. The molecule has 0 fully saturated rings. The van der Waals surface area contributed by atoms with Crippen LogP contribution in [0.5, 0.6) is 5.75 Å². The van der Waals surface area contributed by atoms with Crippen LogP contribution in [0.3, 0.4) is 0 Å². The largest absolute Gasteiger partial charge is 0.497 e. The zero-order chi connectivity index (χ0) is 16.3. The fourth-order valence-electron chi connectivity index (χ4n) is 2.87. The van der Waals surface area contributed by atoms with Gasteiger partial charge in [-0.2, -0.15) is 0 Å². The number of nitrogens with one attached hydrogen (secondary N) is 2. The van der Waals surface area contributed by atoms with Crippen LogP contribution in [0.15, 0.2) is 53.4 Å². The molecule has 0 unspecified atom stereocenters. The summed E-state index contributed by atoms with van der Waals surface area (Å²) in [6.07, 6.45) is 2.87. The summed E-state index contributed by atoms with van der Waals surface area (Å²) < 4.78 is 29.8. The van der Waals surface area contributed by atoms with Crippen molar-refractivity contribution in [2.75, 3.05) is 7.11 Å². The van der Waals surface area contributed by atoms with Crippen molar-refractivity contribution in [3.63, 3.8) is 0 Å². The Bertz CT molecular complexity index is 776. The fourth-order valence-corrected chi connectivity index (χ4v) is 3.81. The first-order valence-corrected chi connectivity index (χ1v) is 9.07. The standard InChI is InChI=1S/C17H20N2O3S/c1-22-14-10-11-16-13(12-14)6-5-9-17(16)18-19-23(20,21)15-7-3-2-4-8-15/h2-4,7-8,10-12,17-19H,5-6,9H2,1H3/t17-/m0/s1. The van der Waals surface area contributed by atoms with Crippen molar-refractivity contribution in [2.45, 2.75) is 30.2 Å². The van der Waals surface area contributed by atoms with Crippen LogP contribution in [-0.2, 0) is 16.4 Å². The van der Waals surface area contributed by atoms with Crippen molar-refractivity contribution in [1.82, 2.24) is 10.3 Å². The molecule has 0 aromatic heterocycles. The molecule has 2 aromatic rings. The summed E-state index contributed by atoms with van der Waals surface area (Å²) in [6.45, 7) is 0. The normalized spacial score (nSPS) is 17.5. The average molecular weight is 332 g/mol. The molecule has 2 N–H and O–H groups in total. The quantitative estimate of drug-likeness (QED) is 0.826. The lowest BCUT2D eigenvalue weighted by Gasteiger charge is -2.27. The first-order valence-electron chi connectivity index (χ1n) is 7.59. The van der Waals surface area contributed by atoms with E-state index in [1.54, 1.807) is 37.4 Å². The molecule has 0 saturated heterocycles. The van der Waals surface area contributed by atoms with E-state index in [1.807, 2.05) is 18.2 Å². The summed E-state index contributed by atoms with van der Waals surface area (Å²) in [5, 5.41) is 0. The summed E-state index contributed by atoms with van der Waals surface area (Å²) in [4.78, 5) is 2.75. The maximum atomic E-state index is 12.3. The molecule has 6 heteroatoms. The number of sulfonamides is 1. The summed E-state index contributed by atoms with van der Waals surface area (Å²) in [6, 6.07) is 14.2. The second-order valence-corrected chi connectivity index (χ2v) is 7.25. The number of rotatable bonds is 5. The lowest BCUT2D eigenvalue weighted by Crippen LogP contribution is -2.41. The molecular weight excluding hydrogens is 312 g/mol. The number of fused-ring (bicyclic) bond motifs is 1.